The summed E-state index contributed by atoms with van der Waals surface area (Å²) in [6, 6.07) is 0.127. The second-order valence-corrected chi connectivity index (χ2v) is 4.37. The Morgan fingerprint density at radius 3 is 2.69 bits per heavy atom. The fourth-order valence-corrected chi connectivity index (χ4v) is 1.63. The number of aromatic nitrogens is 1. The third kappa shape index (κ3) is 1.95. The highest BCUT2D eigenvalue weighted by Gasteiger charge is 2.26. The van der Waals surface area contributed by atoms with Gasteiger partial charge >= 0.3 is 0 Å². The summed E-state index contributed by atoms with van der Waals surface area (Å²) in [5.74, 6) is 0.686. The second kappa shape index (κ2) is 4.25. The van der Waals surface area contributed by atoms with Gasteiger partial charge in [0.15, 0.2) is 5.76 Å². The lowest BCUT2D eigenvalue weighted by atomic mass is 10.0. The number of rotatable bonds is 3. The maximum atomic E-state index is 12.0. The van der Waals surface area contributed by atoms with Gasteiger partial charge in [0.25, 0.3) is 5.91 Å². The molecule has 0 spiro atoms. The minimum absolute atomic E-state index is 0.115. The number of nitrogens with one attached hydrogen (secondary N) is 1. The SMILES string of the molecule is Cc1noc(C(C)C)c1C(=O)NC1COC1. The van der Waals surface area contributed by atoms with Crippen molar-refractivity contribution in [2.45, 2.75) is 32.7 Å². The van der Waals surface area contributed by atoms with Crippen molar-refractivity contribution in [3.63, 3.8) is 0 Å². The second-order valence-electron chi connectivity index (χ2n) is 4.37. The van der Waals surface area contributed by atoms with Crippen LogP contribution in [0.5, 0.6) is 0 Å². The molecule has 5 heteroatoms. The minimum Gasteiger partial charge on any atom is -0.377 e. The Bertz CT molecular complexity index is 394. The van der Waals surface area contributed by atoms with Crippen LogP contribution in [0.3, 0.4) is 0 Å². The van der Waals surface area contributed by atoms with Crippen molar-refractivity contribution in [3.8, 4) is 0 Å². The lowest BCUT2D eigenvalue weighted by molar-refractivity contribution is -0.00351. The zero-order valence-corrected chi connectivity index (χ0v) is 9.74. The van der Waals surface area contributed by atoms with E-state index in [9.17, 15) is 4.79 Å². The summed E-state index contributed by atoms with van der Waals surface area (Å²) in [6.45, 7) is 6.91. The third-order valence-electron chi connectivity index (χ3n) is 2.61. The summed E-state index contributed by atoms with van der Waals surface area (Å²) in [5, 5.41) is 6.73. The Morgan fingerprint density at radius 2 is 2.19 bits per heavy atom. The molecule has 1 aromatic heterocycles. The van der Waals surface area contributed by atoms with E-state index >= 15 is 0 Å². The summed E-state index contributed by atoms with van der Waals surface area (Å²) in [5.41, 5.74) is 1.21. The molecule has 0 radical (unpaired) electrons. The molecule has 5 nitrogen and oxygen atoms in total. The molecule has 0 unspecified atom stereocenters. The molecule has 1 aromatic rings. The van der Waals surface area contributed by atoms with Crippen LogP contribution in [0.4, 0.5) is 0 Å². The summed E-state index contributed by atoms with van der Waals surface area (Å²) in [6.07, 6.45) is 0. The van der Waals surface area contributed by atoms with E-state index in [0.717, 1.165) is 0 Å². The smallest absolute Gasteiger partial charge is 0.257 e. The summed E-state index contributed by atoms with van der Waals surface area (Å²) < 4.78 is 10.2. The lowest BCUT2D eigenvalue weighted by Crippen LogP contribution is -2.48. The van der Waals surface area contributed by atoms with E-state index in [-0.39, 0.29) is 17.9 Å². The summed E-state index contributed by atoms with van der Waals surface area (Å²) >= 11 is 0. The van der Waals surface area contributed by atoms with Gasteiger partial charge in [0, 0.05) is 5.92 Å². The zero-order valence-electron chi connectivity index (χ0n) is 9.74. The van der Waals surface area contributed by atoms with Crippen molar-refractivity contribution < 1.29 is 14.1 Å². The van der Waals surface area contributed by atoms with Crippen molar-refractivity contribution in [2.75, 3.05) is 13.2 Å². The van der Waals surface area contributed by atoms with Crippen LogP contribution in [-0.4, -0.2) is 30.3 Å². The molecule has 1 N–H and O–H groups in total. The van der Waals surface area contributed by atoms with E-state index in [1.165, 1.54) is 0 Å². The fourth-order valence-electron chi connectivity index (χ4n) is 1.63. The van der Waals surface area contributed by atoms with Crippen LogP contribution in [0, 0.1) is 6.92 Å². The first-order valence-electron chi connectivity index (χ1n) is 5.44. The van der Waals surface area contributed by atoms with Crippen LogP contribution in [-0.2, 0) is 4.74 Å². The Balaban J connectivity index is 2.17. The highest BCUT2D eigenvalue weighted by atomic mass is 16.5. The molecular formula is C11H16N2O3. The maximum Gasteiger partial charge on any atom is 0.257 e. The van der Waals surface area contributed by atoms with Gasteiger partial charge in [-0.25, -0.2) is 0 Å². The summed E-state index contributed by atoms with van der Waals surface area (Å²) in [4.78, 5) is 12.0. The van der Waals surface area contributed by atoms with Crippen molar-refractivity contribution >= 4 is 5.91 Å². The molecule has 1 amide bonds. The van der Waals surface area contributed by atoms with Gasteiger partial charge in [0.1, 0.15) is 5.56 Å². The number of carbonyl (C=O) groups is 1. The number of carbonyl (C=O) groups excluding carboxylic acids is 1. The molecule has 0 atom stereocenters. The number of aryl methyl sites for hydroxylation is 1. The van der Waals surface area contributed by atoms with Crippen LogP contribution in [0.1, 0.15) is 41.6 Å². The normalized spacial score (nSPS) is 16.2. The highest BCUT2D eigenvalue weighted by molar-refractivity contribution is 5.96. The standard InChI is InChI=1S/C11H16N2O3/c1-6(2)10-9(7(3)13-16-10)11(14)12-8-4-15-5-8/h6,8H,4-5H2,1-3H3,(H,12,14). The molecule has 1 aliphatic rings. The minimum atomic E-state index is -0.115. The number of hydrogen-bond donors (Lipinski definition) is 1. The highest BCUT2D eigenvalue weighted by Crippen LogP contribution is 2.22. The number of nitrogens with zero attached hydrogens (tertiary/aromatic N) is 1. The maximum absolute atomic E-state index is 12.0. The predicted molar refractivity (Wildman–Crippen MR) is 57.4 cm³/mol. The van der Waals surface area contributed by atoms with E-state index in [1.54, 1.807) is 6.92 Å². The predicted octanol–water partition coefficient (Wildman–Crippen LogP) is 1.24. The van der Waals surface area contributed by atoms with E-state index in [2.05, 4.69) is 10.5 Å². The molecule has 1 fully saturated rings. The van der Waals surface area contributed by atoms with Crippen molar-refractivity contribution in [1.82, 2.24) is 10.5 Å². The van der Waals surface area contributed by atoms with Gasteiger partial charge in [-0.15, -0.1) is 0 Å². The monoisotopic (exact) mass is 224 g/mol. The average Bonchev–Trinajstić information content (AvgIpc) is 2.53. The van der Waals surface area contributed by atoms with Gasteiger partial charge in [0.05, 0.1) is 24.9 Å². The van der Waals surface area contributed by atoms with Crippen molar-refractivity contribution in [2.24, 2.45) is 0 Å². The first kappa shape index (κ1) is 11.1. The molecule has 2 rings (SSSR count). The Morgan fingerprint density at radius 1 is 1.50 bits per heavy atom. The quantitative estimate of drug-likeness (QED) is 0.838. The lowest BCUT2D eigenvalue weighted by Gasteiger charge is -2.26. The molecule has 1 aliphatic heterocycles. The van der Waals surface area contributed by atoms with Gasteiger partial charge in [0.2, 0.25) is 0 Å². The molecule has 0 saturated carbocycles. The molecular weight excluding hydrogens is 208 g/mol. The first-order valence-corrected chi connectivity index (χ1v) is 5.44. The third-order valence-corrected chi connectivity index (χ3v) is 2.61. The Hall–Kier alpha value is -1.36. The molecule has 16 heavy (non-hydrogen) atoms. The van der Waals surface area contributed by atoms with Gasteiger partial charge in [-0.3, -0.25) is 4.79 Å². The largest absolute Gasteiger partial charge is 0.377 e. The van der Waals surface area contributed by atoms with Crippen LogP contribution in [0.25, 0.3) is 0 Å². The van der Waals surface area contributed by atoms with Crippen LogP contribution >= 0.6 is 0 Å². The topological polar surface area (TPSA) is 64.4 Å². The van der Waals surface area contributed by atoms with Gasteiger partial charge in [-0.05, 0) is 6.92 Å². The van der Waals surface area contributed by atoms with Crippen LogP contribution < -0.4 is 5.32 Å². The average molecular weight is 224 g/mol. The molecule has 1 saturated heterocycles. The number of amides is 1. The van der Waals surface area contributed by atoms with Gasteiger partial charge in [-0.2, -0.15) is 0 Å². The molecule has 88 valence electrons. The number of ether oxygens (including phenoxy) is 1. The van der Waals surface area contributed by atoms with E-state index in [4.69, 9.17) is 9.26 Å². The summed E-state index contributed by atoms with van der Waals surface area (Å²) in [7, 11) is 0. The van der Waals surface area contributed by atoms with E-state index in [1.807, 2.05) is 13.8 Å². The van der Waals surface area contributed by atoms with Gasteiger partial charge < -0.3 is 14.6 Å². The van der Waals surface area contributed by atoms with Crippen molar-refractivity contribution in [3.05, 3.63) is 17.0 Å². The molecule has 0 aromatic carbocycles. The Kier molecular flexibility index (Phi) is 2.96. The fraction of sp³-hybridized carbons (Fsp3) is 0.636. The molecule has 0 bridgehead atoms. The van der Waals surface area contributed by atoms with Crippen LogP contribution in [0.2, 0.25) is 0 Å². The Labute approximate surface area is 94.1 Å². The first-order chi connectivity index (χ1) is 7.59. The van der Waals surface area contributed by atoms with Crippen molar-refractivity contribution in [1.29, 1.82) is 0 Å². The van der Waals surface area contributed by atoms with Gasteiger partial charge in [-0.1, -0.05) is 19.0 Å². The molecule has 0 aliphatic carbocycles. The van der Waals surface area contributed by atoms with Crippen LogP contribution in [0.15, 0.2) is 4.52 Å². The zero-order chi connectivity index (χ0) is 11.7. The molecule has 2 heterocycles. The van der Waals surface area contributed by atoms with E-state index in [0.29, 0.717) is 30.2 Å². The van der Waals surface area contributed by atoms with E-state index < -0.39 is 0 Å². The number of hydrogen-bond acceptors (Lipinski definition) is 4.